The lowest BCUT2D eigenvalue weighted by atomic mass is 10.1. The Morgan fingerprint density at radius 2 is 2.36 bits per heavy atom. The van der Waals surface area contributed by atoms with Crippen molar-refractivity contribution < 1.29 is 4.79 Å². The second-order valence-electron chi connectivity index (χ2n) is 4.97. The van der Waals surface area contributed by atoms with Gasteiger partial charge >= 0.3 is 0 Å². The molecule has 14 heavy (non-hydrogen) atoms. The highest BCUT2D eigenvalue weighted by atomic mass is 16.2. The molecule has 1 aliphatic carbocycles. The second kappa shape index (κ2) is 3.23. The van der Waals surface area contributed by atoms with Gasteiger partial charge in [0.1, 0.15) is 0 Å². The van der Waals surface area contributed by atoms with Crippen LogP contribution in [0.2, 0.25) is 0 Å². The molecule has 1 N–H and O–H groups in total. The van der Waals surface area contributed by atoms with Gasteiger partial charge in [0.25, 0.3) is 0 Å². The SMILES string of the molecule is O=C1C2CC2CCN1CC1CCCN1. The third-order valence-electron chi connectivity index (χ3n) is 3.92. The Bertz CT molecular complexity index is 248. The Balaban J connectivity index is 1.58. The number of hydrogen-bond acceptors (Lipinski definition) is 2. The van der Waals surface area contributed by atoms with Crippen molar-refractivity contribution in [1.82, 2.24) is 10.2 Å². The normalized spacial score (nSPS) is 41.3. The smallest absolute Gasteiger partial charge is 0.226 e. The van der Waals surface area contributed by atoms with E-state index < -0.39 is 0 Å². The molecule has 0 spiro atoms. The summed E-state index contributed by atoms with van der Waals surface area (Å²) < 4.78 is 0. The molecule has 3 atom stereocenters. The first-order valence-corrected chi connectivity index (χ1v) is 5.87. The van der Waals surface area contributed by atoms with Crippen molar-refractivity contribution >= 4 is 5.91 Å². The number of nitrogens with one attached hydrogen (secondary N) is 1. The van der Waals surface area contributed by atoms with E-state index in [1.807, 2.05) is 0 Å². The van der Waals surface area contributed by atoms with Crippen LogP contribution in [0.5, 0.6) is 0 Å². The largest absolute Gasteiger partial charge is 0.341 e. The molecule has 0 bridgehead atoms. The maximum atomic E-state index is 11.9. The summed E-state index contributed by atoms with van der Waals surface area (Å²) in [4.78, 5) is 13.9. The number of rotatable bonds is 2. The maximum Gasteiger partial charge on any atom is 0.226 e. The van der Waals surface area contributed by atoms with Crippen LogP contribution in [0, 0.1) is 11.8 Å². The van der Waals surface area contributed by atoms with Crippen LogP contribution in [0.4, 0.5) is 0 Å². The van der Waals surface area contributed by atoms with Crippen molar-refractivity contribution in [2.24, 2.45) is 11.8 Å². The van der Waals surface area contributed by atoms with Gasteiger partial charge in [0.15, 0.2) is 0 Å². The van der Waals surface area contributed by atoms with Crippen molar-refractivity contribution in [3.63, 3.8) is 0 Å². The Kier molecular flexibility index (Phi) is 2.01. The predicted molar refractivity (Wildman–Crippen MR) is 53.8 cm³/mol. The van der Waals surface area contributed by atoms with Gasteiger partial charge < -0.3 is 10.2 Å². The fourth-order valence-electron chi connectivity index (χ4n) is 2.90. The molecule has 1 saturated carbocycles. The third kappa shape index (κ3) is 1.44. The van der Waals surface area contributed by atoms with Crippen LogP contribution in [0.1, 0.15) is 25.7 Å². The van der Waals surface area contributed by atoms with Gasteiger partial charge in [0, 0.05) is 25.0 Å². The zero-order valence-corrected chi connectivity index (χ0v) is 8.54. The van der Waals surface area contributed by atoms with Gasteiger partial charge in [-0.25, -0.2) is 0 Å². The van der Waals surface area contributed by atoms with Gasteiger partial charge in [0.2, 0.25) is 5.91 Å². The van der Waals surface area contributed by atoms with Gasteiger partial charge in [-0.1, -0.05) is 0 Å². The van der Waals surface area contributed by atoms with Crippen LogP contribution >= 0.6 is 0 Å². The van der Waals surface area contributed by atoms with E-state index in [0.717, 1.165) is 25.6 Å². The molecule has 0 aromatic rings. The highest BCUT2D eigenvalue weighted by Crippen LogP contribution is 2.45. The second-order valence-corrected chi connectivity index (χ2v) is 4.97. The third-order valence-corrected chi connectivity index (χ3v) is 3.92. The van der Waals surface area contributed by atoms with E-state index in [9.17, 15) is 4.79 Å². The number of amides is 1. The molecule has 3 aliphatic rings. The van der Waals surface area contributed by atoms with E-state index in [1.165, 1.54) is 25.7 Å². The first kappa shape index (κ1) is 8.72. The van der Waals surface area contributed by atoms with Crippen LogP contribution in [0.25, 0.3) is 0 Å². The average molecular weight is 194 g/mol. The maximum absolute atomic E-state index is 11.9. The summed E-state index contributed by atoms with van der Waals surface area (Å²) in [6.45, 7) is 3.11. The van der Waals surface area contributed by atoms with E-state index in [2.05, 4.69) is 10.2 Å². The van der Waals surface area contributed by atoms with Gasteiger partial charge in [-0.05, 0) is 38.1 Å². The first-order valence-electron chi connectivity index (χ1n) is 5.87. The molecule has 3 heteroatoms. The molecule has 2 aliphatic heterocycles. The summed E-state index contributed by atoms with van der Waals surface area (Å²) in [5.74, 6) is 1.62. The highest BCUT2D eigenvalue weighted by molar-refractivity contribution is 5.82. The lowest BCUT2D eigenvalue weighted by Gasteiger charge is -2.29. The van der Waals surface area contributed by atoms with Crippen LogP contribution in [0.15, 0.2) is 0 Å². The van der Waals surface area contributed by atoms with Crippen molar-refractivity contribution in [3.05, 3.63) is 0 Å². The fourth-order valence-corrected chi connectivity index (χ4v) is 2.90. The van der Waals surface area contributed by atoms with Crippen molar-refractivity contribution in [2.75, 3.05) is 19.6 Å². The van der Waals surface area contributed by atoms with E-state index in [4.69, 9.17) is 0 Å². The Morgan fingerprint density at radius 1 is 1.43 bits per heavy atom. The summed E-state index contributed by atoms with van der Waals surface area (Å²) in [5.41, 5.74) is 0. The van der Waals surface area contributed by atoms with E-state index >= 15 is 0 Å². The molecule has 2 saturated heterocycles. The number of carbonyl (C=O) groups is 1. The molecular weight excluding hydrogens is 176 g/mol. The molecule has 3 rings (SSSR count). The Hall–Kier alpha value is -0.570. The molecule has 78 valence electrons. The van der Waals surface area contributed by atoms with Crippen molar-refractivity contribution in [2.45, 2.75) is 31.7 Å². The number of nitrogens with zero attached hydrogens (tertiary/aromatic N) is 1. The quantitative estimate of drug-likeness (QED) is 0.698. The molecule has 0 aromatic carbocycles. The summed E-state index contributed by atoms with van der Waals surface area (Å²) in [6.07, 6.45) is 4.95. The summed E-state index contributed by atoms with van der Waals surface area (Å²) >= 11 is 0. The monoisotopic (exact) mass is 194 g/mol. The number of fused-ring (bicyclic) bond motifs is 1. The van der Waals surface area contributed by atoms with Crippen molar-refractivity contribution in [1.29, 1.82) is 0 Å². The molecule has 2 heterocycles. The standard InChI is InChI=1S/C11H18N2O/c14-11-10-6-8(10)3-5-13(11)7-9-2-1-4-12-9/h8-10,12H,1-7H2. The summed E-state index contributed by atoms with van der Waals surface area (Å²) in [7, 11) is 0. The number of carbonyl (C=O) groups excluding carboxylic acids is 1. The van der Waals surface area contributed by atoms with Gasteiger partial charge in [0.05, 0.1) is 0 Å². The topological polar surface area (TPSA) is 32.3 Å². The highest BCUT2D eigenvalue weighted by Gasteiger charge is 2.48. The molecule has 3 nitrogen and oxygen atoms in total. The molecule has 3 fully saturated rings. The lowest BCUT2D eigenvalue weighted by molar-refractivity contribution is -0.135. The van der Waals surface area contributed by atoms with Crippen LogP contribution in [0.3, 0.4) is 0 Å². The molecule has 3 unspecified atom stereocenters. The van der Waals surface area contributed by atoms with Gasteiger partial charge in [-0.2, -0.15) is 0 Å². The van der Waals surface area contributed by atoms with Crippen LogP contribution < -0.4 is 5.32 Å². The molecule has 0 radical (unpaired) electrons. The summed E-state index contributed by atoms with van der Waals surface area (Å²) in [6, 6.07) is 0.578. The zero-order valence-electron chi connectivity index (χ0n) is 8.54. The minimum atomic E-state index is 0.421. The zero-order chi connectivity index (χ0) is 9.54. The van der Waals surface area contributed by atoms with E-state index in [-0.39, 0.29) is 0 Å². The molecule has 0 aromatic heterocycles. The van der Waals surface area contributed by atoms with Crippen molar-refractivity contribution in [3.8, 4) is 0 Å². The van der Waals surface area contributed by atoms with E-state index in [0.29, 0.717) is 17.9 Å². The minimum Gasteiger partial charge on any atom is -0.341 e. The lowest BCUT2D eigenvalue weighted by Crippen LogP contribution is -2.44. The molecule has 1 amide bonds. The van der Waals surface area contributed by atoms with Crippen LogP contribution in [-0.2, 0) is 4.79 Å². The number of piperidine rings is 1. The van der Waals surface area contributed by atoms with E-state index in [1.54, 1.807) is 0 Å². The van der Waals surface area contributed by atoms with Crippen LogP contribution in [-0.4, -0.2) is 36.5 Å². The van der Waals surface area contributed by atoms with Gasteiger partial charge in [-0.15, -0.1) is 0 Å². The fraction of sp³-hybridized carbons (Fsp3) is 0.909. The average Bonchev–Trinajstić information content (AvgIpc) is 2.81. The number of hydrogen-bond donors (Lipinski definition) is 1. The van der Waals surface area contributed by atoms with Gasteiger partial charge in [-0.3, -0.25) is 4.79 Å². The minimum absolute atomic E-state index is 0.421. The number of likely N-dealkylation sites (tertiary alicyclic amines) is 1. The first-order chi connectivity index (χ1) is 6.84. The molecular formula is C11H18N2O. The Labute approximate surface area is 84.8 Å². The predicted octanol–water partition coefficient (Wildman–Crippen LogP) is 0.607. The Morgan fingerprint density at radius 3 is 3.14 bits per heavy atom. The summed E-state index contributed by atoms with van der Waals surface area (Å²) in [5, 5.41) is 3.46.